The Morgan fingerprint density at radius 1 is 1.47 bits per heavy atom. The average molecular weight is 213 g/mol. The van der Waals surface area contributed by atoms with Crippen molar-refractivity contribution < 1.29 is 10.0 Å². The second kappa shape index (κ2) is 5.58. The van der Waals surface area contributed by atoms with E-state index in [4.69, 9.17) is 10.9 Å². The molecule has 4 N–H and O–H groups in total. The highest BCUT2D eigenvalue weighted by atomic mass is 16.4. The van der Waals surface area contributed by atoms with Crippen LogP contribution in [0.4, 0.5) is 0 Å². The minimum Gasteiger partial charge on any atom is -0.409 e. The molecule has 0 aromatic heterocycles. The van der Waals surface area contributed by atoms with Crippen molar-refractivity contribution in [2.24, 2.45) is 16.8 Å². The number of oxime groups is 1. The van der Waals surface area contributed by atoms with Gasteiger partial charge in [-0.15, -0.1) is 0 Å². The summed E-state index contributed by atoms with van der Waals surface area (Å²) in [6.45, 7) is 1.44. The molecule has 1 aliphatic rings. The van der Waals surface area contributed by atoms with Gasteiger partial charge in [0.25, 0.3) is 0 Å². The Morgan fingerprint density at radius 2 is 2.07 bits per heavy atom. The lowest BCUT2D eigenvalue weighted by molar-refractivity contribution is -0.119. The van der Waals surface area contributed by atoms with Crippen LogP contribution in [-0.4, -0.2) is 23.0 Å². The van der Waals surface area contributed by atoms with Crippen molar-refractivity contribution >= 4 is 11.7 Å². The summed E-state index contributed by atoms with van der Waals surface area (Å²) in [5.74, 6) is 0.271. The molecular formula is C10H19N3O2. The van der Waals surface area contributed by atoms with Crippen LogP contribution in [0.5, 0.6) is 0 Å². The van der Waals surface area contributed by atoms with E-state index in [1.165, 1.54) is 13.3 Å². The lowest BCUT2D eigenvalue weighted by Gasteiger charge is -2.29. The van der Waals surface area contributed by atoms with Crippen LogP contribution in [0.25, 0.3) is 0 Å². The second-order valence-electron chi connectivity index (χ2n) is 4.10. The minimum atomic E-state index is -0.312. The molecular weight excluding hydrogens is 194 g/mol. The van der Waals surface area contributed by atoms with Crippen LogP contribution in [0.3, 0.4) is 0 Å². The van der Waals surface area contributed by atoms with Gasteiger partial charge >= 0.3 is 0 Å². The van der Waals surface area contributed by atoms with Gasteiger partial charge in [-0.3, -0.25) is 4.79 Å². The van der Waals surface area contributed by atoms with Crippen molar-refractivity contribution in [1.82, 2.24) is 5.32 Å². The molecule has 5 heteroatoms. The second-order valence-corrected chi connectivity index (χ2v) is 4.10. The van der Waals surface area contributed by atoms with E-state index in [-0.39, 0.29) is 17.8 Å². The van der Waals surface area contributed by atoms with E-state index in [2.05, 4.69) is 10.5 Å². The number of rotatable bonds is 3. The van der Waals surface area contributed by atoms with Crippen LogP contribution in [0, 0.1) is 5.92 Å². The van der Waals surface area contributed by atoms with Crippen LogP contribution in [0.1, 0.15) is 39.0 Å². The SMILES string of the molecule is CC(=O)NC(/C(N)=N/O)C1CCCCC1. The van der Waals surface area contributed by atoms with E-state index < -0.39 is 0 Å². The summed E-state index contributed by atoms with van der Waals surface area (Å²) < 4.78 is 0. The van der Waals surface area contributed by atoms with Gasteiger partial charge in [-0.25, -0.2) is 0 Å². The number of nitrogens with two attached hydrogens (primary N) is 1. The summed E-state index contributed by atoms with van der Waals surface area (Å²) in [4.78, 5) is 11.0. The number of amidine groups is 1. The van der Waals surface area contributed by atoms with Crippen molar-refractivity contribution in [3.05, 3.63) is 0 Å². The fraction of sp³-hybridized carbons (Fsp3) is 0.800. The molecule has 1 fully saturated rings. The fourth-order valence-corrected chi connectivity index (χ4v) is 2.18. The van der Waals surface area contributed by atoms with E-state index in [1.54, 1.807) is 0 Å². The molecule has 0 aromatic rings. The number of hydrogen-bond donors (Lipinski definition) is 3. The van der Waals surface area contributed by atoms with Gasteiger partial charge in [0.15, 0.2) is 5.84 Å². The topological polar surface area (TPSA) is 87.7 Å². The first-order valence-electron chi connectivity index (χ1n) is 5.39. The van der Waals surface area contributed by atoms with Gasteiger partial charge in [0.1, 0.15) is 0 Å². The number of amides is 1. The molecule has 0 saturated heterocycles. The Hall–Kier alpha value is -1.26. The van der Waals surface area contributed by atoms with Gasteiger partial charge in [0.05, 0.1) is 6.04 Å². The van der Waals surface area contributed by atoms with Crippen molar-refractivity contribution in [3.63, 3.8) is 0 Å². The van der Waals surface area contributed by atoms with E-state index in [0.29, 0.717) is 5.92 Å². The van der Waals surface area contributed by atoms with Crippen molar-refractivity contribution in [3.8, 4) is 0 Å². The van der Waals surface area contributed by atoms with Gasteiger partial charge < -0.3 is 16.3 Å². The van der Waals surface area contributed by atoms with Crippen molar-refractivity contribution in [2.75, 3.05) is 0 Å². The van der Waals surface area contributed by atoms with Gasteiger partial charge in [-0.05, 0) is 18.8 Å². The van der Waals surface area contributed by atoms with E-state index in [1.807, 2.05) is 0 Å². The molecule has 0 bridgehead atoms. The normalized spacial score (nSPS) is 21.0. The summed E-state index contributed by atoms with van der Waals surface area (Å²) in [5, 5.41) is 14.4. The fourth-order valence-electron chi connectivity index (χ4n) is 2.18. The smallest absolute Gasteiger partial charge is 0.217 e. The largest absolute Gasteiger partial charge is 0.409 e. The van der Waals surface area contributed by atoms with Gasteiger partial charge in [0.2, 0.25) is 5.91 Å². The number of nitrogens with zero attached hydrogens (tertiary/aromatic N) is 1. The Morgan fingerprint density at radius 3 is 2.53 bits per heavy atom. The Kier molecular flexibility index (Phi) is 4.39. The number of carbonyl (C=O) groups excluding carboxylic acids is 1. The highest BCUT2D eigenvalue weighted by Crippen LogP contribution is 2.26. The molecule has 1 saturated carbocycles. The maximum atomic E-state index is 11.0. The molecule has 86 valence electrons. The molecule has 1 atom stereocenters. The third-order valence-corrected chi connectivity index (χ3v) is 2.91. The molecule has 0 spiro atoms. The highest BCUT2D eigenvalue weighted by molar-refractivity contribution is 5.89. The lowest BCUT2D eigenvalue weighted by Crippen LogP contribution is -2.49. The number of carbonyl (C=O) groups is 1. The molecule has 1 amide bonds. The number of hydrogen-bond acceptors (Lipinski definition) is 3. The highest BCUT2D eigenvalue weighted by Gasteiger charge is 2.27. The summed E-state index contributed by atoms with van der Waals surface area (Å²) in [5.41, 5.74) is 5.58. The van der Waals surface area contributed by atoms with Gasteiger partial charge in [-0.1, -0.05) is 24.4 Å². The van der Waals surface area contributed by atoms with Crippen molar-refractivity contribution in [2.45, 2.75) is 45.1 Å². The van der Waals surface area contributed by atoms with Crippen LogP contribution < -0.4 is 11.1 Å². The zero-order valence-corrected chi connectivity index (χ0v) is 9.07. The summed E-state index contributed by atoms with van der Waals surface area (Å²) in [7, 11) is 0. The van der Waals surface area contributed by atoms with Crippen LogP contribution >= 0.6 is 0 Å². The third-order valence-electron chi connectivity index (χ3n) is 2.91. The monoisotopic (exact) mass is 213 g/mol. The summed E-state index contributed by atoms with van der Waals surface area (Å²) in [6, 6.07) is -0.312. The van der Waals surface area contributed by atoms with Crippen LogP contribution in [-0.2, 0) is 4.79 Å². The van der Waals surface area contributed by atoms with E-state index >= 15 is 0 Å². The minimum absolute atomic E-state index is 0.108. The zero-order chi connectivity index (χ0) is 11.3. The average Bonchev–Trinajstić information content (AvgIpc) is 2.26. The van der Waals surface area contributed by atoms with Crippen molar-refractivity contribution in [1.29, 1.82) is 0 Å². The molecule has 0 aliphatic heterocycles. The van der Waals surface area contributed by atoms with Crippen LogP contribution in [0.15, 0.2) is 5.16 Å². The maximum Gasteiger partial charge on any atom is 0.217 e. The van der Waals surface area contributed by atoms with E-state index in [9.17, 15) is 4.79 Å². The van der Waals surface area contributed by atoms with Gasteiger partial charge in [0, 0.05) is 6.92 Å². The first kappa shape index (κ1) is 11.8. The predicted molar refractivity (Wildman–Crippen MR) is 57.6 cm³/mol. The molecule has 5 nitrogen and oxygen atoms in total. The Balaban J connectivity index is 2.65. The molecule has 0 heterocycles. The Bertz CT molecular complexity index is 247. The molecule has 0 radical (unpaired) electrons. The maximum absolute atomic E-state index is 11.0. The lowest BCUT2D eigenvalue weighted by atomic mass is 9.83. The first-order chi connectivity index (χ1) is 7.15. The quantitative estimate of drug-likeness (QED) is 0.281. The summed E-state index contributed by atoms with van der Waals surface area (Å²) >= 11 is 0. The third kappa shape index (κ3) is 3.42. The van der Waals surface area contributed by atoms with Crippen LogP contribution in [0.2, 0.25) is 0 Å². The molecule has 15 heavy (non-hydrogen) atoms. The first-order valence-corrected chi connectivity index (χ1v) is 5.39. The zero-order valence-electron chi connectivity index (χ0n) is 9.07. The standard InChI is InChI=1S/C10H19N3O2/c1-7(14)12-9(10(11)13-15)8-5-3-2-4-6-8/h8-9,15H,2-6H2,1H3,(H2,11,13)(H,12,14). The molecule has 1 unspecified atom stereocenters. The van der Waals surface area contributed by atoms with Gasteiger partial charge in [-0.2, -0.15) is 0 Å². The molecule has 0 aromatic carbocycles. The summed E-state index contributed by atoms with van der Waals surface area (Å²) in [6.07, 6.45) is 5.60. The predicted octanol–water partition coefficient (Wildman–Crippen LogP) is 0.818. The molecule has 1 aliphatic carbocycles. The van der Waals surface area contributed by atoms with E-state index in [0.717, 1.165) is 25.7 Å². The Labute approximate surface area is 89.7 Å². The number of nitrogens with one attached hydrogen (secondary N) is 1. The molecule has 1 rings (SSSR count).